The van der Waals surface area contributed by atoms with Crippen LogP contribution in [-0.2, 0) is 4.79 Å². The summed E-state index contributed by atoms with van der Waals surface area (Å²) in [7, 11) is 0. The molecular weight excluding hydrogens is 311 g/mol. The topological polar surface area (TPSA) is 117 Å². The van der Waals surface area contributed by atoms with Crippen molar-refractivity contribution in [2.75, 3.05) is 6.61 Å². The summed E-state index contributed by atoms with van der Waals surface area (Å²) in [6.45, 7) is -0.534. The molecule has 0 radical (unpaired) electrons. The highest BCUT2D eigenvalue weighted by Gasteiger charge is 2.24. The van der Waals surface area contributed by atoms with Crippen LogP contribution in [0, 0.1) is 5.21 Å². The number of hydrogen-bond acceptors (Lipinski definition) is 5. The highest BCUT2D eigenvalue weighted by atomic mass is 35.5. The van der Waals surface area contributed by atoms with Crippen LogP contribution < -0.4 is 10.5 Å². The third-order valence-electron chi connectivity index (χ3n) is 2.60. The first-order chi connectivity index (χ1) is 9.36. The molecule has 7 nitrogen and oxygen atoms in total. The summed E-state index contributed by atoms with van der Waals surface area (Å²) in [4.78, 5) is 10.0. The van der Waals surface area contributed by atoms with Gasteiger partial charge in [-0.25, -0.2) is 5.21 Å². The molecule has 0 bridgehead atoms. The number of carbonyl (C=O) groups excluding carboxylic acids is 1. The monoisotopic (exact) mass is 324 g/mol. The number of nitrogens with one attached hydrogen (secondary N) is 2. The molecule has 1 rings (SSSR count). The van der Waals surface area contributed by atoms with Crippen LogP contribution in [0.3, 0.4) is 0 Å². The Hall–Kier alpha value is -0.930. The van der Waals surface area contributed by atoms with Gasteiger partial charge in [-0.2, -0.15) is 5.23 Å². The predicted molar refractivity (Wildman–Crippen MR) is 71.7 cm³/mol. The Bertz CT molecular complexity index is 441. The number of aliphatic hydroxyl groups is 2. The van der Waals surface area contributed by atoms with Gasteiger partial charge in [-0.05, 0) is 5.56 Å². The van der Waals surface area contributed by atoms with Crippen molar-refractivity contribution in [2.45, 2.75) is 17.0 Å². The van der Waals surface area contributed by atoms with E-state index in [0.29, 0.717) is 5.56 Å². The lowest BCUT2D eigenvalue weighted by atomic mass is 10.0. The number of rotatable bonds is 6. The molecule has 0 aliphatic heterocycles. The number of halogens is 2. The zero-order valence-corrected chi connectivity index (χ0v) is 11.7. The van der Waals surface area contributed by atoms with Crippen LogP contribution in [0.5, 0.6) is 0 Å². The predicted octanol–water partition coefficient (Wildman–Crippen LogP) is -0.596. The zero-order valence-electron chi connectivity index (χ0n) is 10.2. The maximum atomic E-state index is 11.3. The van der Waals surface area contributed by atoms with Crippen LogP contribution >= 0.6 is 23.2 Å². The highest BCUT2D eigenvalue weighted by molar-refractivity contribution is 6.53. The van der Waals surface area contributed by atoms with Crippen molar-refractivity contribution in [3.8, 4) is 0 Å². The summed E-state index contributed by atoms with van der Waals surface area (Å²) in [6, 6.07) is 4.40. The van der Waals surface area contributed by atoms with Gasteiger partial charge in [0.2, 0.25) is 0 Å². The standard InChI is InChI=1S/C11H14Cl2N2O5/c12-10(13)11(18)14-8(5-16)9(17)6-1-3-7(4-2-6)15(19)20/h1-4,8-10,15-17,19H,5H2,(H,14,18)/t8-,9-/m0/s1. The molecule has 0 saturated carbocycles. The number of alkyl halides is 2. The van der Waals surface area contributed by atoms with E-state index < -0.39 is 34.7 Å². The van der Waals surface area contributed by atoms with E-state index >= 15 is 0 Å². The van der Waals surface area contributed by atoms with Crippen molar-refractivity contribution in [1.29, 1.82) is 0 Å². The molecule has 0 aliphatic rings. The van der Waals surface area contributed by atoms with Crippen LogP contribution in [0.1, 0.15) is 11.7 Å². The number of carbonyl (C=O) groups is 1. The molecule has 0 heterocycles. The van der Waals surface area contributed by atoms with Gasteiger partial charge in [0.25, 0.3) is 5.91 Å². The molecular formula is C11H14Cl2N2O5. The van der Waals surface area contributed by atoms with Gasteiger partial charge in [-0.1, -0.05) is 35.3 Å². The first-order valence-electron chi connectivity index (χ1n) is 5.57. The average Bonchev–Trinajstić information content (AvgIpc) is 2.43. The Morgan fingerprint density at radius 3 is 2.30 bits per heavy atom. The maximum Gasteiger partial charge on any atom is 0.253 e. The minimum Gasteiger partial charge on any atom is -0.595 e. The van der Waals surface area contributed by atoms with Gasteiger partial charge in [-0.3, -0.25) is 4.79 Å². The summed E-state index contributed by atoms with van der Waals surface area (Å²) in [5.41, 5.74) is 0.405. The first-order valence-corrected chi connectivity index (χ1v) is 6.44. The van der Waals surface area contributed by atoms with Crippen molar-refractivity contribution >= 4 is 34.8 Å². The molecule has 9 heteroatoms. The number of hydrogen-bond donors (Lipinski definition) is 5. The molecule has 0 aromatic heterocycles. The van der Waals surface area contributed by atoms with E-state index in [1.807, 2.05) is 0 Å². The largest absolute Gasteiger partial charge is 0.595 e. The lowest BCUT2D eigenvalue weighted by molar-refractivity contribution is -0.991. The minimum atomic E-state index is -1.31. The zero-order chi connectivity index (χ0) is 15.3. The molecule has 0 saturated heterocycles. The molecule has 1 amide bonds. The summed E-state index contributed by atoms with van der Waals surface area (Å²) in [5, 5.41) is 39.9. The van der Waals surface area contributed by atoms with Crippen molar-refractivity contribution in [1.82, 2.24) is 5.32 Å². The van der Waals surface area contributed by atoms with Gasteiger partial charge in [0.05, 0.1) is 12.6 Å². The van der Waals surface area contributed by atoms with Gasteiger partial charge >= 0.3 is 0 Å². The smallest absolute Gasteiger partial charge is 0.253 e. The Kier molecular flexibility index (Phi) is 6.63. The lowest BCUT2D eigenvalue weighted by Gasteiger charge is -2.23. The number of benzene rings is 1. The molecule has 1 aromatic carbocycles. The fourth-order valence-corrected chi connectivity index (χ4v) is 1.65. The number of amides is 1. The van der Waals surface area contributed by atoms with Crippen molar-refractivity contribution < 1.29 is 25.4 Å². The minimum absolute atomic E-state index is 0.0621. The molecule has 5 N–H and O–H groups in total. The van der Waals surface area contributed by atoms with Crippen LogP contribution in [-0.4, -0.2) is 38.8 Å². The summed E-state index contributed by atoms with van der Waals surface area (Å²) < 4.78 is 0. The first kappa shape index (κ1) is 17.1. The lowest BCUT2D eigenvalue weighted by Crippen LogP contribution is -2.99. The summed E-state index contributed by atoms with van der Waals surface area (Å²) in [5.74, 6) is -0.742. The van der Waals surface area contributed by atoms with Gasteiger partial charge in [-0.15, -0.1) is 0 Å². The molecule has 0 fully saturated rings. The number of aliphatic hydroxyl groups excluding tert-OH is 2. The molecule has 0 aliphatic carbocycles. The quantitative estimate of drug-likeness (QED) is 0.354. The molecule has 1 aromatic rings. The third kappa shape index (κ3) is 4.57. The van der Waals surface area contributed by atoms with E-state index in [1.54, 1.807) is 0 Å². The van der Waals surface area contributed by atoms with Gasteiger partial charge < -0.3 is 20.7 Å². The molecule has 1 unspecified atom stereocenters. The second kappa shape index (κ2) is 7.75. The fraction of sp³-hybridized carbons (Fsp3) is 0.364. The maximum absolute atomic E-state index is 11.3. The Morgan fingerprint density at radius 1 is 1.35 bits per heavy atom. The van der Waals surface area contributed by atoms with Crippen LogP contribution in [0.25, 0.3) is 0 Å². The van der Waals surface area contributed by atoms with E-state index in [1.165, 1.54) is 24.3 Å². The second-order valence-electron chi connectivity index (χ2n) is 3.97. The number of quaternary nitrogens is 1. The summed E-state index contributed by atoms with van der Waals surface area (Å²) >= 11 is 10.7. The van der Waals surface area contributed by atoms with Crippen LogP contribution in [0.15, 0.2) is 24.3 Å². The fourth-order valence-electron chi connectivity index (χ4n) is 1.53. The van der Waals surface area contributed by atoms with E-state index in [2.05, 4.69) is 5.32 Å². The van der Waals surface area contributed by atoms with Gasteiger partial charge in [0.15, 0.2) is 10.5 Å². The van der Waals surface area contributed by atoms with E-state index in [9.17, 15) is 20.2 Å². The van der Waals surface area contributed by atoms with Crippen molar-refractivity contribution in [3.63, 3.8) is 0 Å². The van der Waals surface area contributed by atoms with Gasteiger partial charge in [0.1, 0.15) is 6.10 Å². The van der Waals surface area contributed by atoms with Crippen molar-refractivity contribution in [3.05, 3.63) is 35.0 Å². The average molecular weight is 325 g/mol. The molecule has 3 atom stereocenters. The highest BCUT2D eigenvalue weighted by Crippen LogP contribution is 2.18. The van der Waals surface area contributed by atoms with Gasteiger partial charge in [0, 0.05) is 12.1 Å². The van der Waals surface area contributed by atoms with E-state index in [0.717, 1.165) is 0 Å². The van der Waals surface area contributed by atoms with Crippen molar-refractivity contribution in [2.24, 2.45) is 0 Å². The Morgan fingerprint density at radius 2 is 1.90 bits per heavy atom. The Balaban J connectivity index is 2.80. The normalized spacial score (nSPS) is 15.8. The molecule has 20 heavy (non-hydrogen) atoms. The van der Waals surface area contributed by atoms with Crippen LogP contribution in [0.4, 0.5) is 5.69 Å². The molecule has 112 valence electrons. The van der Waals surface area contributed by atoms with E-state index in [-0.39, 0.29) is 5.69 Å². The molecule has 0 spiro atoms. The second-order valence-corrected chi connectivity index (χ2v) is 5.07. The summed E-state index contributed by atoms with van der Waals surface area (Å²) in [6.07, 6.45) is -1.22. The Labute approximate surface area is 124 Å². The van der Waals surface area contributed by atoms with Crippen LogP contribution in [0.2, 0.25) is 0 Å². The third-order valence-corrected chi connectivity index (χ3v) is 3.00. The van der Waals surface area contributed by atoms with E-state index in [4.69, 9.17) is 28.4 Å². The SMILES string of the molecule is O=C(N[C@@H](CO)[C@@H](O)c1ccc([NH+]([O-])O)cc1)C(Cl)Cl.